The standard InChI is InChI=1S/C22H26N2O2/c1-14(2)20(24-21(25)18-10-6-4-8-15(18)3)22(26)23-13-17-12-16-9-5-7-11-19(16)17/h4-11,14,17,20H,12-13H2,1-3H3,(H,23,26)(H,24,25)/t17-,20+/m1/s1. The zero-order valence-electron chi connectivity index (χ0n) is 15.6. The Balaban J connectivity index is 1.60. The Morgan fingerprint density at radius 3 is 2.46 bits per heavy atom. The van der Waals surface area contributed by atoms with Gasteiger partial charge in [-0.15, -0.1) is 0 Å². The van der Waals surface area contributed by atoms with Crippen molar-refractivity contribution in [2.24, 2.45) is 5.92 Å². The van der Waals surface area contributed by atoms with Gasteiger partial charge >= 0.3 is 0 Å². The van der Waals surface area contributed by atoms with Gasteiger partial charge in [-0.3, -0.25) is 9.59 Å². The maximum atomic E-state index is 12.7. The van der Waals surface area contributed by atoms with Gasteiger partial charge in [0.15, 0.2) is 0 Å². The highest BCUT2D eigenvalue weighted by Gasteiger charge is 2.29. The van der Waals surface area contributed by atoms with E-state index in [2.05, 4.69) is 22.8 Å². The van der Waals surface area contributed by atoms with Gasteiger partial charge in [-0.25, -0.2) is 0 Å². The number of fused-ring (bicyclic) bond motifs is 1. The maximum absolute atomic E-state index is 12.7. The van der Waals surface area contributed by atoms with E-state index in [4.69, 9.17) is 0 Å². The molecule has 0 heterocycles. The molecule has 26 heavy (non-hydrogen) atoms. The van der Waals surface area contributed by atoms with Gasteiger partial charge in [-0.1, -0.05) is 56.3 Å². The number of amides is 2. The first kappa shape index (κ1) is 18.2. The fraction of sp³-hybridized carbons (Fsp3) is 0.364. The van der Waals surface area contributed by atoms with Gasteiger partial charge in [0.1, 0.15) is 6.04 Å². The molecule has 2 amide bonds. The molecule has 0 aromatic heterocycles. The second-order valence-corrected chi connectivity index (χ2v) is 7.36. The summed E-state index contributed by atoms with van der Waals surface area (Å²) in [6, 6.07) is 15.2. The van der Waals surface area contributed by atoms with Crippen LogP contribution in [0.15, 0.2) is 48.5 Å². The third-order valence-corrected chi connectivity index (χ3v) is 5.11. The Morgan fingerprint density at radius 1 is 1.08 bits per heavy atom. The number of hydrogen-bond acceptors (Lipinski definition) is 2. The van der Waals surface area contributed by atoms with E-state index in [1.54, 1.807) is 6.07 Å². The van der Waals surface area contributed by atoms with E-state index < -0.39 is 6.04 Å². The highest BCUT2D eigenvalue weighted by Crippen LogP contribution is 2.34. The van der Waals surface area contributed by atoms with Crippen LogP contribution in [-0.4, -0.2) is 24.4 Å². The molecular weight excluding hydrogens is 324 g/mol. The zero-order chi connectivity index (χ0) is 18.7. The summed E-state index contributed by atoms with van der Waals surface area (Å²) >= 11 is 0. The molecule has 2 aromatic carbocycles. The number of benzene rings is 2. The summed E-state index contributed by atoms with van der Waals surface area (Å²) in [6.45, 7) is 6.40. The predicted molar refractivity (Wildman–Crippen MR) is 103 cm³/mol. The summed E-state index contributed by atoms with van der Waals surface area (Å²) in [5, 5.41) is 5.93. The fourth-order valence-electron chi connectivity index (χ4n) is 3.46. The molecule has 1 aliphatic rings. The SMILES string of the molecule is Cc1ccccc1C(=O)N[C@H](C(=O)NC[C@H]1Cc2ccccc21)C(C)C. The van der Waals surface area contributed by atoms with E-state index in [9.17, 15) is 9.59 Å². The van der Waals surface area contributed by atoms with Crippen molar-refractivity contribution in [1.82, 2.24) is 10.6 Å². The second-order valence-electron chi connectivity index (χ2n) is 7.36. The van der Waals surface area contributed by atoms with Crippen molar-refractivity contribution in [3.05, 3.63) is 70.8 Å². The molecule has 2 atom stereocenters. The fourth-order valence-corrected chi connectivity index (χ4v) is 3.46. The van der Waals surface area contributed by atoms with Crippen LogP contribution < -0.4 is 10.6 Å². The lowest BCUT2D eigenvalue weighted by atomic mass is 9.77. The highest BCUT2D eigenvalue weighted by molar-refractivity contribution is 5.98. The molecule has 0 radical (unpaired) electrons. The molecule has 2 N–H and O–H groups in total. The number of hydrogen-bond donors (Lipinski definition) is 2. The molecule has 0 aliphatic heterocycles. The van der Waals surface area contributed by atoms with Crippen molar-refractivity contribution in [3.63, 3.8) is 0 Å². The molecule has 3 rings (SSSR count). The van der Waals surface area contributed by atoms with Crippen molar-refractivity contribution in [2.45, 2.75) is 39.2 Å². The van der Waals surface area contributed by atoms with Crippen molar-refractivity contribution in [2.75, 3.05) is 6.54 Å². The Bertz CT molecular complexity index is 813. The van der Waals surface area contributed by atoms with Crippen LogP contribution in [0.1, 0.15) is 46.8 Å². The van der Waals surface area contributed by atoms with Gasteiger partial charge < -0.3 is 10.6 Å². The topological polar surface area (TPSA) is 58.2 Å². The third-order valence-electron chi connectivity index (χ3n) is 5.11. The molecule has 0 saturated heterocycles. The Morgan fingerprint density at radius 2 is 1.77 bits per heavy atom. The average molecular weight is 350 g/mol. The summed E-state index contributed by atoms with van der Waals surface area (Å²) in [4.78, 5) is 25.2. The van der Waals surface area contributed by atoms with Crippen LogP contribution in [0.5, 0.6) is 0 Å². The van der Waals surface area contributed by atoms with E-state index >= 15 is 0 Å². The lowest BCUT2D eigenvalue weighted by Gasteiger charge is -2.31. The molecule has 4 nitrogen and oxygen atoms in total. The van der Waals surface area contributed by atoms with Gasteiger partial charge in [0, 0.05) is 18.0 Å². The van der Waals surface area contributed by atoms with Crippen LogP contribution in [0.25, 0.3) is 0 Å². The maximum Gasteiger partial charge on any atom is 0.252 e. The normalized spacial score (nSPS) is 16.4. The van der Waals surface area contributed by atoms with Crippen molar-refractivity contribution in [3.8, 4) is 0 Å². The molecule has 0 spiro atoms. The molecule has 0 saturated carbocycles. The van der Waals surface area contributed by atoms with E-state index in [0.29, 0.717) is 18.0 Å². The number of rotatable bonds is 6. The lowest BCUT2D eigenvalue weighted by molar-refractivity contribution is -0.124. The van der Waals surface area contributed by atoms with Gasteiger partial charge in [-0.05, 0) is 42.0 Å². The zero-order valence-corrected chi connectivity index (χ0v) is 15.6. The first-order valence-electron chi connectivity index (χ1n) is 9.19. The van der Waals surface area contributed by atoms with E-state index in [1.807, 2.05) is 51.1 Å². The summed E-state index contributed by atoms with van der Waals surface area (Å²) in [7, 11) is 0. The molecular formula is C22H26N2O2. The van der Waals surface area contributed by atoms with Crippen molar-refractivity contribution < 1.29 is 9.59 Å². The summed E-state index contributed by atoms with van der Waals surface area (Å²) in [6.07, 6.45) is 0.998. The second kappa shape index (κ2) is 7.73. The minimum Gasteiger partial charge on any atom is -0.354 e. The van der Waals surface area contributed by atoms with Crippen LogP contribution >= 0.6 is 0 Å². The molecule has 0 unspecified atom stereocenters. The Hall–Kier alpha value is -2.62. The van der Waals surface area contributed by atoms with E-state index in [1.165, 1.54) is 11.1 Å². The van der Waals surface area contributed by atoms with Crippen molar-refractivity contribution in [1.29, 1.82) is 0 Å². The molecule has 4 heteroatoms. The number of nitrogens with one attached hydrogen (secondary N) is 2. The van der Waals surface area contributed by atoms with Crippen LogP contribution in [0.3, 0.4) is 0 Å². The molecule has 1 aliphatic carbocycles. The van der Waals surface area contributed by atoms with Crippen LogP contribution in [0.2, 0.25) is 0 Å². The average Bonchev–Trinajstić information content (AvgIpc) is 2.60. The number of aryl methyl sites for hydroxylation is 1. The minimum absolute atomic E-state index is 0.0108. The van der Waals surface area contributed by atoms with Gasteiger partial charge in [0.2, 0.25) is 5.91 Å². The first-order chi connectivity index (χ1) is 12.5. The van der Waals surface area contributed by atoms with Gasteiger partial charge in [0.25, 0.3) is 5.91 Å². The van der Waals surface area contributed by atoms with Crippen molar-refractivity contribution >= 4 is 11.8 Å². The third kappa shape index (κ3) is 3.79. The Labute approximate surface area is 155 Å². The van der Waals surface area contributed by atoms with Gasteiger partial charge in [0.05, 0.1) is 0 Å². The molecule has 0 fully saturated rings. The monoisotopic (exact) mass is 350 g/mol. The minimum atomic E-state index is -0.544. The van der Waals surface area contributed by atoms with Crippen LogP contribution in [0.4, 0.5) is 0 Å². The van der Waals surface area contributed by atoms with Gasteiger partial charge in [-0.2, -0.15) is 0 Å². The lowest BCUT2D eigenvalue weighted by Crippen LogP contribution is -2.50. The number of carbonyl (C=O) groups excluding carboxylic acids is 2. The highest BCUT2D eigenvalue weighted by atomic mass is 16.2. The summed E-state index contributed by atoms with van der Waals surface area (Å²) in [5.74, 6) is 0.0592. The first-order valence-corrected chi connectivity index (χ1v) is 9.19. The predicted octanol–water partition coefficient (Wildman–Crippen LogP) is 3.21. The van der Waals surface area contributed by atoms with Crippen LogP contribution in [0, 0.1) is 12.8 Å². The Kier molecular flexibility index (Phi) is 5.40. The largest absolute Gasteiger partial charge is 0.354 e. The number of carbonyl (C=O) groups is 2. The van der Waals surface area contributed by atoms with E-state index in [-0.39, 0.29) is 17.7 Å². The summed E-state index contributed by atoms with van der Waals surface area (Å²) < 4.78 is 0. The quantitative estimate of drug-likeness (QED) is 0.840. The summed E-state index contributed by atoms with van der Waals surface area (Å²) in [5.41, 5.74) is 4.19. The molecule has 136 valence electrons. The van der Waals surface area contributed by atoms with Crippen LogP contribution in [-0.2, 0) is 11.2 Å². The molecule has 0 bridgehead atoms. The molecule has 2 aromatic rings. The smallest absolute Gasteiger partial charge is 0.252 e. The van der Waals surface area contributed by atoms with E-state index in [0.717, 1.165) is 12.0 Å².